The first-order valence-corrected chi connectivity index (χ1v) is 13.0. The molecule has 0 spiro atoms. The Morgan fingerprint density at radius 1 is 1.11 bits per heavy atom. The highest BCUT2D eigenvalue weighted by atomic mass is 16.5. The number of amides is 2. The molecular weight excluding hydrogens is 468 g/mol. The molecule has 8 heteroatoms. The zero-order chi connectivity index (χ0) is 26.0. The van der Waals surface area contributed by atoms with E-state index in [1.54, 1.807) is 13.2 Å². The summed E-state index contributed by atoms with van der Waals surface area (Å²) in [6.45, 7) is 6.22. The van der Waals surface area contributed by atoms with Gasteiger partial charge >= 0.3 is 0 Å². The Bertz CT molecular complexity index is 1060. The first-order valence-electron chi connectivity index (χ1n) is 13.0. The van der Waals surface area contributed by atoms with Crippen molar-refractivity contribution in [3.8, 4) is 11.5 Å². The van der Waals surface area contributed by atoms with Gasteiger partial charge in [0.05, 0.1) is 7.11 Å². The Labute approximate surface area is 219 Å². The zero-order valence-corrected chi connectivity index (χ0v) is 21.9. The lowest BCUT2D eigenvalue weighted by Gasteiger charge is -2.34. The molecule has 1 atom stereocenters. The molecule has 0 unspecified atom stereocenters. The third kappa shape index (κ3) is 8.33. The van der Waals surface area contributed by atoms with E-state index in [0.717, 1.165) is 69.3 Å². The Morgan fingerprint density at radius 2 is 1.89 bits per heavy atom. The van der Waals surface area contributed by atoms with E-state index in [2.05, 4.69) is 34.3 Å². The van der Waals surface area contributed by atoms with Crippen molar-refractivity contribution in [3.63, 3.8) is 0 Å². The summed E-state index contributed by atoms with van der Waals surface area (Å²) in [5.74, 6) is 1.88. The summed E-state index contributed by atoms with van der Waals surface area (Å²) in [5, 5.41) is 3.03. The van der Waals surface area contributed by atoms with Gasteiger partial charge in [0, 0.05) is 64.4 Å². The van der Waals surface area contributed by atoms with Crippen LogP contribution < -0.4 is 14.8 Å². The molecule has 2 saturated heterocycles. The van der Waals surface area contributed by atoms with E-state index in [9.17, 15) is 9.59 Å². The first kappa shape index (κ1) is 26.7. The number of nitrogens with one attached hydrogen (secondary N) is 1. The SMILES string of the molecule is COc1ccc(/C=C/C(=O)N2CCN(CCOc3cccc(CN(C)C[C@@H]4CCC(=O)N4)c3)CC2)cc1. The minimum atomic E-state index is 0.0452. The smallest absolute Gasteiger partial charge is 0.246 e. The van der Waals surface area contributed by atoms with Crippen LogP contribution in [0.25, 0.3) is 6.08 Å². The summed E-state index contributed by atoms with van der Waals surface area (Å²) in [7, 11) is 3.72. The molecule has 0 aromatic heterocycles. The maximum atomic E-state index is 12.6. The predicted octanol–water partition coefficient (Wildman–Crippen LogP) is 2.64. The predicted molar refractivity (Wildman–Crippen MR) is 144 cm³/mol. The zero-order valence-electron chi connectivity index (χ0n) is 21.9. The molecule has 2 fully saturated rings. The van der Waals surface area contributed by atoms with Gasteiger partial charge in [-0.1, -0.05) is 24.3 Å². The number of hydrogen-bond donors (Lipinski definition) is 1. The molecule has 0 radical (unpaired) electrons. The number of hydrogen-bond acceptors (Lipinski definition) is 6. The molecule has 1 N–H and O–H groups in total. The number of nitrogens with zero attached hydrogens (tertiary/aromatic N) is 3. The van der Waals surface area contributed by atoms with Crippen molar-refractivity contribution in [3.05, 3.63) is 65.7 Å². The number of carbonyl (C=O) groups excluding carboxylic acids is 2. The fourth-order valence-corrected chi connectivity index (χ4v) is 4.77. The van der Waals surface area contributed by atoms with Crippen LogP contribution in [0.2, 0.25) is 0 Å². The van der Waals surface area contributed by atoms with Crippen LogP contribution in [0.1, 0.15) is 24.0 Å². The van der Waals surface area contributed by atoms with Crippen LogP contribution in [0.15, 0.2) is 54.6 Å². The van der Waals surface area contributed by atoms with E-state index >= 15 is 0 Å². The van der Waals surface area contributed by atoms with Crippen LogP contribution in [0.5, 0.6) is 11.5 Å². The van der Waals surface area contributed by atoms with Crippen molar-refractivity contribution in [1.82, 2.24) is 20.0 Å². The minimum Gasteiger partial charge on any atom is -0.497 e. The lowest BCUT2D eigenvalue weighted by Crippen LogP contribution is -2.49. The monoisotopic (exact) mass is 506 g/mol. The van der Waals surface area contributed by atoms with E-state index in [0.29, 0.717) is 13.0 Å². The standard InChI is InChI=1S/C29H38N4O4/c1-31(22-25-9-12-28(34)30-25)21-24-4-3-5-27(20-24)37-19-18-32-14-16-33(17-15-32)29(35)13-8-23-6-10-26(36-2)11-7-23/h3-8,10-11,13,20,25H,9,12,14-19,21-22H2,1-2H3,(H,30,34)/b13-8+/t25-/m0/s1. The minimum absolute atomic E-state index is 0.0452. The number of benzene rings is 2. The number of carbonyl (C=O) groups is 2. The molecule has 198 valence electrons. The Morgan fingerprint density at radius 3 is 2.59 bits per heavy atom. The topological polar surface area (TPSA) is 74.4 Å². The molecule has 2 amide bonds. The Hall–Kier alpha value is -3.36. The van der Waals surface area contributed by atoms with Gasteiger partial charge in [-0.05, 0) is 54.9 Å². The lowest BCUT2D eigenvalue weighted by atomic mass is 10.1. The fourth-order valence-electron chi connectivity index (χ4n) is 4.77. The van der Waals surface area contributed by atoms with Crippen molar-refractivity contribution in [1.29, 1.82) is 0 Å². The lowest BCUT2D eigenvalue weighted by molar-refractivity contribution is -0.127. The molecular formula is C29H38N4O4. The van der Waals surface area contributed by atoms with Crippen LogP contribution in [0, 0.1) is 0 Å². The van der Waals surface area contributed by atoms with E-state index < -0.39 is 0 Å². The van der Waals surface area contributed by atoms with E-state index in [1.807, 2.05) is 47.4 Å². The molecule has 2 aromatic carbocycles. The second-order valence-corrected chi connectivity index (χ2v) is 9.77. The van der Waals surface area contributed by atoms with Crippen molar-refractivity contribution in [2.24, 2.45) is 0 Å². The number of likely N-dealkylation sites (N-methyl/N-ethyl adjacent to an activating group) is 1. The number of ether oxygens (including phenoxy) is 2. The molecule has 2 aliphatic heterocycles. The molecule has 4 rings (SSSR count). The van der Waals surface area contributed by atoms with Gasteiger partial charge in [0.25, 0.3) is 0 Å². The van der Waals surface area contributed by atoms with Gasteiger partial charge in [-0.15, -0.1) is 0 Å². The third-order valence-electron chi connectivity index (χ3n) is 6.86. The molecule has 2 heterocycles. The second kappa shape index (κ2) is 13.3. The molecule has 0 bridgehead atoms. The molecule has 0 saturated carbocycles. The maximum Gasteiger partial charge on any atom is 0.246 e. The van der Waals surface area contributed by atoms with E-state index in [-0.39, 0.29) is 17.9 Å². The van der Waals surface area contributed by atoms with Gasteiger partial charge in [0.1, 0.15) is 18.1 Å². The van der Waals surface area contributed by atoms with Gasteiger partial charge in [-0.25, -0.2) is 0 Å². The number of piperazine rings is 1. The summed E-state index contributed by atoms with van der Waals surface area (Å²) in [4.78, 5) is 30.5. The highest BCUT2D eigenvalue weighted by Gasteiger charge is 2.22. The third-order valence-corrected chi connectivity index (χ3v) is 6.86. The normalized spacial score (nSPS) is 18.4. The van der Waals surface area contributed by atoms with Crippen molar-refractivity contribution < 1.29 is 19.1 Å². The van der Waals surface area contributed by atoms with Gasteiger partial charge in [-0.2, -0.15) is 0 Å². The van der Waals surface area contributed by atoms with Crippen molar-refractivity contribution in [2.75, 3.05) is 60.0 Å². The van der Waals surface area contributed by atoms with Gasteiger partial charge in [0.15, 0.2) is 0 Å². The van der Waals surface area contributed by atoms with Crippen molar-refractivity contribution >= 4 is 17.9 Å². The average molecular weight is 507 g/mol. The summed E-state index contributed by atoms with van der Waals surface area (Å²) >= 11 is 0. The highest BCUT2D eigenvalue weighted by molar-refractivity contribution is 5.91. The molecule has 2 aliphatic rings. The summed E-state index contributed by atoms with van der Waals surface area (Å²) in [6, 6.07) is 16.1. The Balaban J connectivity index is 1.14. The summed E-state index contributed by atoms with van der Waals surface area (Å²) in [5.41, 5.74) is 2.17. The van der Waals surface area contributed by atoms with Crippen LogP contribution >= 0.6 is 0 Å². The first-order chi connectivity index (χ1) is 18.0. The summed E-state index contributed by atoms with van der Waals surface area (Å²) < 4.78 is 11.2. The van der Waals surface area contributed by atoms with Crippen LogP contribution in [0.4, 0.5) is 0 Å². The Kier molecular flexibility index (Phi) is 9.57. The van der Waals surface area contributed by atoms with Crippen LogP contribution in [0.3, 0.4) is 0 Å². The highest BCUT2D eigenvalue weighted by Crippen LogP contribution is 2.16. The van der Waals surface area contributed by atoms with Gasteiger partial charge < -0.3 is 24.6 Å². The van der Waals surface area contributed by atoms with Crippen LogP contribution in [-0.4, -0.2) is 92.6 Å². The van der Waals surface area contributed by atoms with Crippen molar-refractivity contribution in [2.45, 2.75) is 25.4 Å². The number of rotatable bonds is 11. The molecule has 8 nitrogen and oxygen atoms in total. The summed E-state index contributed by atoms with van der Waals surface area (Å²) in [6.07, 6.45) is 5.04. The quantitative estimate of drug-likeness (QED) is 0.473. The van der Waals surface area contributed by atoms with E-state index in [4.69, 9.17) is 9.47 Å². The van der Waals surface area contributed by atoms with Crippen LogP contribution in [-0.2, 0) is 16.1 Å². The number of methoxy groups -OCH3 is 1. The van der Waals surface area contributed by atoms with Gasteiger partial charge in [0.2, 0.25) is 11.8 Å². The van der Waals surface area contributed by atoms with Gasteiger partial charge in [-0.3, -0.25) is 14.5 Å². The maximum absolute atomic E-state index is 12.6. The molecule has 0 aliphatic carbocycles. The molecule has 2 aromatic rings. The second-order valence-electron chi connectivity index (χ2n) is 9.77. The average Bonchev–Trinajstić information content (AvgIpc) is 3.32. The van der Waals surface area contributed by atoms with E-state index in [1.165, 1.54) is 5.56 Å². The molecule has 37 heavy (non-hydrogen) atoms. The largest absolute Gasteiger partial charge is 0.497 e. The fraction of sp³-hybridized carbons (Fsp3) is 0.448.